The van der Waals surface area contributed by atoms with E-state index in [0.29, 0.717) is 5.92 Å². The lowest BCUT2D eigenvalue weighted by Gasteiger charge is -2.20. The second-order valence-corrected chi connectivity index (χ2v) is 5.23. The Morgan fingerprint density at radius 1 is 1.22 bits per heavy atom. The van der Waals surface area contributed by atoms with Crippen molar-refractivity contribution in [2.75, 3.05) is 6.61 Å². The molecule has 0 heterocycles. The fourth-order valence-corrected chi connectivity index (χ4v) is 1.76. The number of nitrogens with one attached hydrogen (secondary N) is 1. The molecule has 0 aliphatic heterocycles. The second-order valence-electron chi connectivity index (χ2n) is 5.23. The highest BCUT2D eigenvalue weighted by atomic mass is 16.5. The molecule has 0 unspecified atom stereocenters. The predicted octanol–water partition coefficient (Wildman–Crippen LogP) is 2.58. The zero-order valence-electron chi connectivity index (χ0n) is 11.8. The molecule has 0 aliphatic rings. The van der Waals surface area contributed by atoms with E-state index in [1.54, 1.807) is 0 Å². The van der Waals surface area contributed by atoms with Gasteiger partial charge in [0.25, 0.3) is 0 Å². The number of benzene rings is 1. The van der Waals surface area contributed by atoms with Gasteiger partial charge >= 0.3 is 0 Å². The van der Waals surface area contributed by atoms with Crippen LogP contribution in [0.25, 0.3) is 0 Å². The maximum atomic E-state index is 9.26. The zero-order chi connectivity index (χ0) is 13.5. The van der Waals surface area contributed by atoms with E-state index in [0.717, 1.165) is 12.3 Å². The molecular weight excluding hydrogens is 226 g/mol. The largest absolute Gasteiger partial charge is 0.491 e. The number of rotatable bonds is 7. The van der Waals surface area contributed by atoms with Crippen LogP contribution in [0.2, 0.25) is 0 Å². The molecule has 0 saturated heterocycles. The van der Waals surface area contributed by atoms with E-state index in [2.05, 4.69) is 25.2 Å². The van der Waals surface area contributed by atoms with Crippen LogP contribution in [0.1, 0.15) is 33.3 Å². The summed E-state index contributed by atoms with van der Waals surface area (Å²) in [6.45, 7) is 9.16. The Labute approximate surface area is 110 Å². The maximum absolute atomic E-state index is 9.26. The molecule has 0 aromatic heterocycles. The summed E-state index contributed by atoms with van der Waals surface area (Å²) in [5.41, 5.74) is 1.17. The highest BCUT2D eigenvalue weighted by Crippen LogP contribution is 2.15. The summed E-state index contributed by atoms with van der Waals surface area (Å²) in [5.74, 6) is 1.32. The number of aliphatic hydroxyl groups excluding tert-OH is 1. The van der Waals surface area contributed by atoms with Crippen molar-refractivity contribution in [2.45, 2.75) is 46.4 Å². The highest BCUT2D eigenvalue weighted by Gasteiger charge is 2.11. The molecule has 0 fully saturated rings. The Balaban J connectivity index is 2.56. The minimum Gasteiger partial charge on any atom is -0.491 e. The summed E-state index contributed by atoms with van der Waals surface area (Å²) in [6.07, 6.45) is 0.189. The number of aliphatic hydroxyl groups is 1. The minimum atomic E-state index is 0.139. The Kier molecular flexibility index (Phi) is 6.16. The van der Waals surface area contributed by atoms with Crippen LogP contribution >= 0.6 is 0 Å². The van der Waals surface area contributed by atoms with Gasteiger partial charge < -0.3 is 15.2 Å². The van der Waals surface area contributed by atoms with Gasteiger partial charge in [-0.2, -0.15) is 0 Å². The number of hydrogen-bond donors (Lipinski definition) is 2. The smallest absolute Gasteiger partial charge is 0.120 e. The van der Waals surface area contributed by atoms with E-state index in [1.807, 2.05) is 32.0 Å². The van der Waals surface area contributed by atoms with Crippen LogP contribution in [-0.4, -0.2) is 23.9 Å². The first-order valence-corrected chi connectivity index (χ1v) is 6.62. The monoisotopic (exact) mass is 251 g/mol. The quantitative estimate of drug-likeness (QED) is 0.782. The Bertz CT molecular complexity index is 350. The van der Waals surface area contributed by atoms with Crippen LogP contribution in [0.4, 0.5) is 0 Å². The van der Waals surface area contributed by atoms with Gasteiger partial charge in [-0.1, -0.05) is 26.0 Å². The molecule has 2 N–H and O–H groups in total. The molecule has 1 aromatic rings. The molecule has 0 aliphatic carbocycles. The van der Waals surface area contributed by atoms with Gasteiger partial charge in [0.2, 0.25) is 0 Å². The summed E-state index contributed by atoms with van der Waals surface area (Å²) in [5, 5.41) is 12.6. The normalized spacial score (nSPS) is 13.1. The third-order valence-electron chi connectivity index (χ3n) is 2.84. The van der Waals surface area contributed by atoms with Gasteiger partial charge in [0.15, 0.2) is 0 Å². The first kappa shape index (κ1) is 15.0. The molecule has 1 atom stereocenters. The van der Waals surface area contributed by atoms with Gasteiger partial charge in [-0.25, -0.2) is 0 Å². The molecule has 0 amide bonds. The first-order valence-electron chi connectivity index (χ1n) is 6.62. The maximum Gasteiger partial charge on any atom is 0.120 e. The molecule has 102 valence electrons. The van der Waals surface area contributed by atoms with Crippen molar-refractivity contribution < 1.29 is 9.84 Å². The summed E-state index contributed by atoms with van der Waals surface area (Å²) < 4.78 is 5.66. The van der Waals surface area contributed by atoms with Gasteiger partial charge in [0.1, 0.15) is 5.75 Å². The van der Waals surface area contributed by atoms with Crippen molar-refractivity contribution in [2.24, 2.45) is 5.92 Å². The van der Waals surface area contributed by atoms with Gasteiger partial charge in [0.05, 0.1) is 12.7 Å². The highest BCUT2D eigenvalue weighted by molar-refractivity contribution is 5.28. The summed E-state index contributed by atoms with van der Waals surface area (Å²) in [6, 6.07) is 8.21. The van der Waals surface area contributed by atoms with Crippen molar-refractivity contribution in [3.63, 3.8) is 0 Å². The Morgan fingerprint density at radius 3 is 2.50 bits per heavy atom. The van der Waals surface area contributed by atoms with E-state index in [4.69, 9.17) is 4.74 Å². The lowest BCUT2D eigenvalue weighted by molar-refractivity contribution is 0.210. The van der Waals surface area contributed by atoms with Crippen molar-refractivity contribution in [1.82, 2.24) is 5.32 Å². The summed E-state index contributed by atoms with van der Waals surface area (Å²) in [7, 11) is 0. The number of hydrogen-bond acceptors (Lipinski definition) is 3. The summed E-state index contributed by atoms with van der Waals surface area (Å²) in [4.78, 5) is 0. The van der Waals surface area contributed by atoms with E-state index < -0.39 is 0 Å². The van der Waals surface area contributed by atoms with Crippen LogP contribution in [0, 0.1) is 5.92 Å². The third-order valence-corrected chi connectivity index (χ3v) is 2.84. The molecule has 0 radical (unpaired) electrons. The molecule has 3 nitrogen and oxygen atoms in total. The van der Waals surface area contributed by atoms with Gasteiger partial charge in [-0.3, -0.25) is 0 Å². The van der Waals surface area contributed by atoms with Crippen molar-refractivity contribution in [3.05, 3.63) is 29.8 Å². The Hall–Kier alpha value is -1.06. The standard InChI is InChI=1S/C15H25NO2/c1-11(2)15(10-17)16-9-13-6-5-7-14(8-13)18-12(3)4/h5-8,11-12,15-17H,9-10H2,1-4H3/t15-/m1/s1. The van der Waals surface area contributed by atoms with Crippen molar-refractivity contribution in [1.29, 1.82) is 0 Å². The molecule has 1 rings (SSSR count). The SMILES string of the molecule is CC(C)Oc1cccc(CN[C@H](CO)C(C)C)c1. The van der Waals surface area contributed by atoms with E-state index >= 15 is 0 Å². The molecular formula is C15H25NO2. The molecule has 3 heteroatoms. The number of ether oxygens (including phenoxy) is 1. The Morgan fingerprint density at radius 2 is 1.94 bits per heavy atom. The fraction of sp³-hybridized carbons (Fsp3) is 0.600. The molecule has 0 bridgehead atoms. The van der Waals surface area contributed by atoms with Crippen LogP contribution in [0.5, 0.6) is 5.75 Å². The van der Waals surface area contributed by atoms with E-state index in [-0.39, 0.29) is 18.8 Å². The average molecular weight is 251 g/mol. The van der Waals surface area contributed by atoms with Gasteiger partial charge in [-0.05, 0) is 37.5 Å². The fourth-order valence-electron chi connectivity index (χ4n) is 1.76. The molecule has 0 saturated carbocycles. The van der Waals surface area contributed by atoms with Crippen molar-refractivity contribution >= 4 is 0 Å². The van der Waals surface area contributed by atoms with Crippen LogP contribution in [-0.2, 0) is 6.54 Å². The molecule has 18 heavy (non-hydrogen) atoms. The second kappa shape index (κ2) is 7.39. The van der Waals surface area contributed by atoms with E-state index in [9.17, 15) is 5.11 Å². The van der Waals surface area contributed by atoms with Crippen LogP contribution < -0.4 is 10.1 Å². The van der Waals surface area contributed by atoms with E-state index in [1.165, 1.54) is 5.56 Å². The first-order chi connectivity index (χ1) is 8.52. The van der Waals surface area contributed by atoms with Crippen molar-refractivity contribution in [3.8, 4) is 5.75 Å². The minimum absolute atomic E-state index is 0.139. The summed E-state index contributed by atoms with van der Waals surface area (Å²) >= 11 is 0. The average Bonchev–Trinajstić information content (AvgIpc) is 2.29. The molecule has 1 aromatic carbocycles. The van der Waals surface area contributed by atoms with Gasteiger partial charge in [0, 0.05) is 12.6 Å². The lowest BCUT2D eigenvalue weighted by atomic mass is 10.1. The zero-order valence-corrected chi connectivity index (χ0v) is 11.8. The topological polar surface area (TPSA) is 41.5 Å². The lowest BCUT2D eigenvalue weighted by Crippen LogP contribution is -2.36. The third kappa shape index (κ3) is 5.07. The van der Waals surface area contributed by atoms with Gasteiger partial charge in [-0.15, -0.1) is 0 Å². The predicted molar refractivity (Wildman–Crippen MR) is 74.8 cm³/mol. The van der Waals surface area contributed by atoms with Crippen LogP contribution in [0.15, 0.2) is 24.3 Å². The molecule has 0 spiro atoms. The van der Waals surface area contributed by atoms with Crippen LogP contribution in [0.3, 0.4) is 0 Å².